The van der Waals surface area contributed by atoms with E-state index in [-0.39, 0.29) is 10.6 Å². The highest BCUT2D eigenvalue weighted by atomic mass is 127. The monoisotopic (exact) mass is 411 g/mol. The lowest BCUT2D eigenvalue weighted by Gasteiger charge is -2.09. The first-order valence-corrected chi connectivity index (χ1v) is 8.59. The van der Waals surface area contributed by atoms with Gasteiger partial charge in [-0.3, -0.25) is 4.98 Å². The Bertz CT molecular complexity index is 887. The molecule has 0 fully saturated rings. The summed E-state index contributed by atoms with van der Waals surface area (Å²) in [6.45, 7) is 0. The first-order chi connectivity index (χ1) is 10.1. The molecule has 4 nitrogen and oxygen atoms in total. The molecule has 0 atom stereocenters. The molecule has 0 aliphatic rings. The van der Waals surface area contributed by atoms with Gasteiger partial charge < -0.3 is 4.18 Å². The number of hydrogen-bond donors (Lipinski definition) is 0. The molecule has 106 valence electrons. The second-order valence-electron chi connectivity index (χ2n) is 4.32. The maximum Gasteiger partial charge on any atom is 0.339 e. The normalized spacial score (nSPS) is 11.5. The van der Waals surface area contributed by atoms with Gasteiger partial charge in [-0.15, -0.1) is 0 Å². The van der Waals surface area contributed by atoms with Crippen LogP contribution in [0.15, 0.2) is 65.7 Å². The molecule has 0 saturated carbocycles. The Labute approximate surface area is 136 Å². The Morgan fingerprint density at radius 3 is 2.43 bits per heavy atom. The van der Waals surface area contributed by atoms with Crippen molar-refractivity contribution in [2.75, 3.05) is 0 Å². The minimum Gasteiger partial charge on any atom is -0.377 e. The van der Waals surface area contributed by atoms with Crippen molar-refractivity contribution in [3.8, 4) is 5.75 Å². The molecular weight excluding hydrogens is 401 g/mol. The summed E-state index contributed by atoms with van der Waals surface area (Å²) in [5, 5.41) is 0.827. The molecule has 0 spiro atoms. The van der Waals surface area contributed by atoms with Crippen LogP contribution in [0.1, 0.15) is 0 Å². The van der Waals surface area contributed by atoms with Crippen molar-refractivity contribution in [2.24, 2.45) is 0 Å². The molecule has 0 amide bonds. The van der Waals surface area contributed by atoms with E-state index in [1.807, 2.05) is 12.1 Å². The summed E-state index contributed by atoms with van der Waals surface area (Å²) in [5.41, 5.74) is 0.522. The zero-order valence-electron chi connectivity index (χ0n) is 10.7. The van der Waals surface area contributed by atoms with Gasteiger partial charge in [-0.05, 0) is 59.0 Å². The lowest BCUT2D eigenvalue weighted by Crippen LogP contribution is -2.10. The third-order valence-corrected chi connectivity index (χ3v) is 4.87. The van der Waals surface area contributed by atoms with Crippen molar-refractivity contribution in [1.82, 2.24) is 4.98 Å². The van der Waals surface area contributed by atoms with E-state index in [1.54, 1.807) is 36.5 Å². The predicted octanol–water partition coefficient (Wildman–Crippen LogP) is 3.61. The summed E-state index contributed by atoms with van der Waals surface area (Å²) in [6.07, 6.45) is 1.60. The molecule has 0 aliphatic heterocycles. The Kier molecular flexibility index (Phi) is 3.81. The van der Waals surface area contributed by atoms with Crippen LogP contribution in [0.4, 0.5) is 0 Å². The molecule has 0 saturated heterocycles. The Morgan fingerprint density at radius 2 is 1.67 bits per heavy atom. The summed E-state index contributed by atoms with van der Waals surface area (Å²) in [4.78, 5) is 4.30. The van der Waals surface area contributed by atoms with E-state index in [9.17, 15) is 8.42 Å². The van der Waals surface area contributed by atoms with Crippen molar-refractivity contribution in [3.63, 3.8) is 0 Å². The molecule has 3 rings (SSSR count). The number of aromatic nitrogens is 1. The fourth-order valence-electron chi connectivity index (χ4n) is 1.91. The third-order valence-electron chi connectivity index (χ3n) is 2.90. The van der Waals surface area contributed by atoms with Crippen LogP contribution in [0.5, 0.6) is 5.75 Å². The zero-order chi connectivity index (χ0) is 14.9. The number of fused-ring (bicyclic) bond motifs is 1. The molecule has 0 unspecified atom stereocenters. The van der Waals surface area contributed by atoms with Gasteiger partial charge in [0.05, 0.1) is 0 Å². The summed E-state index contributed by atoms with van der Waals surface area (Å²) in [5.74, 6) is 0.228. The summed E-state index contributed by atoms with van der Waals surface area (Å²) in [7, 11) is -3.86. The van der Waals surface area contributed by atoms with Crippen molar-refractivity contribution >= 4 is 43.6 Å². The first kappa shape index (κ1) is 14.3. The number of benzene rings is 2. The molecule has 0 radical (unpaired) electrons. The number of nitrogens with zero attached hydrogens (tertiary/aromatic N) is 1. The molecule has 2 aromatic carbocycles. The molecule has 0 aliphatic carbocycles. The number of pyridine rings is 1. The van der Waals surface area contributed by atoms with E-state index < -0.39 is 10.1 Å². The van der Waals surface area contributed by atoms with E-state index in [0.29, 0.717) is 5.52 Å². The molecule has 6 heteroatoms. The number of rotatable bonds is 3. The molecular formula is C15H10INO3S. The van der Waals surface area contributed by atoms with Gasteiger partial charge in [0.2, 0.25) is 0 Å². The predicted molar refractivity (Wildman–Crippen MR) is 88.7 cm³/mol. The van der Waals surface area contributed by atoms with E-state index in [0.717, 1.165) is 8.96 Å². The standard InChI is InChI=1S/C15H10INO3S/c16-12-6-8-13(9-7-12)21(18,19)20-14-5-1-3-11-4-2-10-17-15(11)14/h1-10H. The maximum absolute atomic E-state index is 12.3. The fourth-order valence-corrected chi connectivity index (χ4v) is 3.21. The molecule has 0 bridgehead atoms. The summed E-state index contributed by atoms with van der Waals surface area (Å²) < 4.78 is 30.8. The van der Waals surface area contributed by atoms with E-state index in [4.69, 9.17) is 4.18 Å². The van der Waals surface area contributed by atoms with Gasteiger partial charge >= 0.3 is 10.1 Å². The molecule has 3 aromatic rings. The first-order valence-electron chi connectivity index (χ1n) is 6.10. The maximum atomic E-state index is 12.3. The van der Waals surface area contributed by atoms with Gasteiger partial charge in [-0.1, -0.05) is 18.2 Å². The van der Waals surface area contributed by atoms with Crippen LogP contribution in [-0.2, 0) is 10.1 Å². The number of hydrogen-bond acceptors (Lipinski definition) is 4. The van der Waals surface area contributed by atoms with E-state index in [2.05, 4.69) is 27.6 Å². The molecule has 1 aromatic heterocycles. The van der Waals surface area contributed by atoms with Gasteiger partial charge in [0.15, 0.2) is 5.75 Å². The van der Waals surface area contributed by atoms with Crippen LogP contribution in [0, 0.1) is 3.57 Å². The highest BCUT2D eigenvalue weighted by Gasteiger charge is 2.18. The van der Waals surface area contributed by atoms with Crippen molar-refractivity contribution in [1.29, 1.82) is 0 Å². The van der Waals surface area contributed by atoms with Crippen molar-refractivity contribution in [3.05, 3.63) is 64.4 Å². The average Bonchev–Trinajstić information content (AvgIpc) is 2.48. The van der Waals surface area contributed by atoms with Crippen molar-refractivity contribution < 1.29 is 12.6 Å². The van der Waals surface area contributed by atoms with E-state index in [1.165, 1.54) is 12.1 Å². The second-order valence-corrected chi connectivity index (χ2v) is 7.11. The minimum atomic E-state index is -3.86. The van der Waals surface area contributed by atoms with Crippen LogP contribution >= 0.6 is 22.6 Å². The topological polar surface area (TPSA) is 56.3 Å². The zero-order valence-corrected chi connectivity index (χ0v) is 13.7. The Morgan fingerprint density at radius 1 is 0.952 bits per heavy atom. The lowest BCUT2D eigenvalue weighted by atomic mass is 10.2. The summed E-state index contributed by atoms with van der Waals surface area (Å²) in [6, 6.07) is 15.3. The van der Waals surface area contributed by atoms with Crippen LogP contribution in [0.25, 0.3) is 10.9 Å². The van der Waals surface area contributed by atoms with Gasteiger partial charge in [0.25, 0.3) is 0 Å². The largest absolute Gasteiger partial charge is 0.377 e. The lowest BCUT2D eigenvalue weighted by molar-refractivity contribution is 0.488. The van der Waals surface area contributed by atoms with Gasteiger partial charge in [-0.25, -0.2) is 0 Å². The Balaban J connectivity index is 2.03. The van der Waals surface area contributed by atoms with Gasteiger partial charge in [0, 0.05) is 15.2 Å². The highest BCUT2D eigenvalue weighted by Crippen LogP contribution is 2.26. The van der Waals surface area contributed by atoms with Crippen LogP contribution in [0.3, 0.4) is 0 Å². The highest BCUT2D eigenvalue weighted by molar-refractivity contribution is 14.1. The van der Waals surface area contributed by atoms with Crippen LogP contribution < -0.4 is 4.18 Å². The van der Waals surface area contributed by atoms with Crippen LogP contribution in [0.2, 0.25) is 0 Å². The number of para-hydroxylation sites is 1. The van der Waals surface area contributed by atoms with E-state index >= 15 is 0 Å². The quantitative estimate of drug-likeness (QED) is 0.488. The molecule has 21 heavy (non-hydrogen) atoms. The van der Waals surface area contributed by atoms with Crippen LogP contribution in [-0.4, -0.2) is 13.4 Å². The second kappa shape index (κ2) is 5.61. The van der Waals surface area contributed by atoms with Gasteiger partial charge in [-0.2, -0.15) is 8.42 Å². The van der Waals surface area contributed by atoms with Crippen molar-refractivity contribution in [2.45, 2.75) is 4.90 Å². The number of halogens is 1. The fraction of sp³-hybridized carbons (Fsp3) is 0. The van der Waals surface area contributed by atoms with Gasteiger partial charge in [0.1, 0.15) is 10.4 Å². The Hall–Kier alpha value is -1.67. The average molecular weight is 411 g/mol. The molecule has 1 heterocycles. The smallest absolute Gasteiger partial charge is 0.339 e. The SMILES string of the molecule is O=S(=O)(Oc1cccc2cccnc12)c1ccc(I)cc1. The summed E-state index contributed by atoms with van der Waals surface area (Å²) >= 11 is 2.11. The molecule has 0 N–H and O–H groups in total. The third kappa shape index (κ3) is 3.01. The minimum absolute atomic E-state index is 0.121.